The molecule has 162 valence electrons. The molecule has 0 saturated carbocycles. The van der Waals surface area contributed by atoms with Crippen molar-refractivity contribution in [2.75, 3.05) is 7.05 Å². The van der Waals surface area contributed by atoms with Crippen LogP contribution in [-0.4, -0.2) is 36.0 Å². The third-order valence-corrected chi connectivity index (χ3v) is 5.65. The number of nitrogens with zero attached hydrogens (tertiary/aromatic N) is 1. The first-order valence-electron chi connectivity index (χ1n) is 9.86. The Kier molecular flexibility index (Phi) is 7.65. The van der Waals surface area contributed by atoms with Crippen molar-refractivity contribution >= 4 is 34.8 Å². The topological polar surface area (TPSA) is 80.3 Å². The van der Waals surface area contributed by atoms with Gasteiger partial charge in [-0.25, -0.2) is 4.98 Å². The maximum Gasteiger partial charge on any atom is 0.251 e. The number of rotatable bonds is 8. The van der Waals surface area contributed by atoms with Crippen LogP contribution in [0.15, 0.2) is 53.9 Å². The smallest absolute Gasteiger partial charge is 0.251 e. The van der Waals surface area contributed by atoms with E-state index >= 15 is 0 Å². The van der Waals surface area contributed by atoms with E-state index in [-0.39, 0.29) is 18.4 Å². The van der Waals surface area contributed by atoms with Gasteiger partial charge in [-0.3, -0.25) is 9.59 Å². The van der Waals surface area contributed by atoms with Gasteiger partial charge in [-0.2, -0.15) is 0 Å². The van der Waals surface area contributed by atoms with E-state index in [4.69, 9.17) is 16.3 Å². The minimum absolute atomic E-state index is 0.0336. The van der Waals surface area contributed by atoms with Crippen molar-refractivity contribution in [2.45, 2.75) is 32.4 Å². The lowest BCUT2D eigenvalue weighted by atomic mass is 10.1. The summed E-state index contributed by atoms with van der Waals surface area (Å²) in [6.07, 6.45) is 0.241. The summed E-state index contributed by atoms with van der Waals surface area (Å²) in [6.45, 7) is 3.79. The average Bonchev–Trinajstić information content (AvgIpc) is 3.23. The maximum atomic E-state index is 12.8. The number of carbonyl (C=O) groups excluding carboxylic acids is 2. The van der Waals surface area contributed by atoms with E-state index in [1.54, 1.807) is 12.1 Å². The third kappa shape index (κ3) is 6.06. The van der Waals surface area contributed by atoms with Gasteiger partial charge in [-0.15, -0.1) is 11.3 Å². The van der Waals surface area contributed by atoms with Crippen molar-refractivity contribution < 1.29 is 14.3 Å². The van der Waals surface area contributed by atoms with Gasteiger partial charge in [0.15, 0.2) is 0 Å². The lowest BCUT2D eigenvalue weighted by Gasteiger charge is -2.17. The maximum absolute atomic E-state index is 12.8. The molecule has 0 saturated heterocycles. The molecule has 1 atom stereocenters. The quantitative estimate of drug-likeness (QED) is 0.527. The predicted octanol–water partition coefficient (Wildman–Crippen LogP) is 4.34. The summed E-state index contributed by atoms with van der Waals surface area (Å²) < 4.78 is 5.60. The van der Waals surface area contributed by atoms with Crippen LogP contribution in [-0.2, 0) is 11.2 Å². The van der Waals surface area contributed by atoms with E-state index in [9.17, 15) is 9.59 Å². The number of aromatic nitrogens is 1. The van der Waals surface area contributed by atoms with Crippen LogP contribution >= 0.6 is 22.9 Å². The number of hydrogen-bond donors (Lipinski definition) is 2. The second-order valence-corrected chi connectivity index (χ2v) is 8.43. The van der Waals surface area contributed by atoms with Gasteiger partial charge in [0.1, 0.15) is 16.8 Å². The lowest BCUT2D eigenvalue weighted by molar-refractivity contribution is -0.122. The first kappa shape index (κ1) is 22.8. The van der Waals surface area contributed by atoms with Gasteiger partial charge in [-0.05, 0) is 32.0 Å². The van der Waals surface area contributed by atoms with Crippen LogP contribution in [0.2, 0.25) is 5.02 Å². The molecular weight excluding hydrogens is 434 g/mol. The van der Waals surface area contributed by atoms with Gasteiger partial charge >= 0.3 is 0 Å². The Morgan fingerprint density at radius 1 is 1.16 bits per heavy atom. The summed E-state index contributed by atoms with van der Waals surface area (Å²) in [5, 5.41) is 8.49. The minimum Gasteiger partial charge on any atom is -0.489 e. The molecule has 31 heavy (non-hydrogen) atoms. The molecule has 2 aromatic carbocycles. The lowest BCUT2D eigenvalue weighted by Crippen LogP contribution is -2.47. The normalized spacial score (nSPS) is 11.8. The molecular formula is C23H24ClN3O3S. The molecule has 0 spiro atoms. The summed E-state index contributed by atoms with van der Waals surface area (Å²) in [6, 6.07) is 13.9. The molecule has 3 aromatic rings. The van der Waals surface area contributed by atoms with Crippen LogP contribution in [0, 0.1) is 0 Å². The van der Waals surface area contributed by atoms with Gasteiger partial charge in [0, 0.05) is 30.0 Å². The minimum atomic E-state index is -0.770. The second-order valence-electron chi connectivity index (χ2n) is 7.17. The van der Waals surface area contributed by atoms with Gasteiger partial charge in [-0.1, -0.05) is 41.9 Å². The van der Waals surface area contributed by atoms with Crippen molar-refractivity contribution in [1.82, 2.24) is 15.6 Å². The van der Waals surface area contributed by atoms with Crippen LogP contribution in [0.5, 0.6) is 5.75 Å². The van der Waals surface area contributed by atoms with Crippen LogP contribution < -0.4 is 15.4 Å². The fourth-order valence-electron chi connectivity index (χ4n) is 2.94. The van der Waals surface area contributed by atoms with Gasteiger partial charge in [0.05, 0.1) is 16.8 Å². The average molecular weight is 458 g/mol. The zero-order chi connectivity index (χ0) is 22.4. The van der Waals surface area contributed by atoms with Gasteiger partial charge in [0.25, 0.3) is 5.91 Å². The summed E-state index contributed by atoms with van der Waals surface area (Å²) in [5.41, 5.74) is 2.09. The molecule has 2 amide bonds. The second kappa shape index (κ2) is 10.4. The zero-order valence-corrected chi connectivity index (χ0v) is 19.1. The monoisotopic (exact) mass is 457 g/mol. The summed E-state index contributed by atoms with van der Waals surface area (Å²) >= 11 is 7.74. The summed E-state index contributed by atoms with van der Waals surface area (Å²) in [7, 11) is 1.53. The van der Waals surface area contributed by atoms with Crippen LogP contribution in [0.1, 0.15) is 29.9 Å². The first-order chi connectivity index (χ1) is 14.9. The van der Waals surface area contributed by atoms with Crippen LogP contribution in [0.3, 0.4) is 0 Å². The van der Waals surface area contributed by atoms with Crippen molar-refractivity contribution in [1.29, 1.82) is 0 Å². The Balaban J connectivity index is 1.73. The van der Waals surface area contributed by atoms with E-state index in [0.29, 0.717) is 16.3 Å². The zero-order valence-electron chi connectivity index (χ0n) is 17.5. The highest BCUT2D eigenvalue weighted by atomic mass is 35.5. The molecule has 0 aliphatic carbocycles. The van der Waals surface area contributed by atoms with Gasteiger partial charge < -0.3 is 15.4 Å². The van der Waals surface area contributed by atoms with E-state index in [1.165, 1.54) is 24.5 Å². The highest BCUT2D eigenvalue weighted by Gasteiger charge is 2.23. The predicted molar refractivity (Wildman–Crippen MR) is 124 cm³/mol. The SMILES string of the molecule is CNC(=O)[C@H](Cc1csc(-c2ccccc2)n1)NC(=O)c1ccc(OC(C)C)c(Cl)c1. The number of thiazole rings is 1. The number of carbonyl (C=O) groups is 2. The Bertz CT molecular complexity index is 1050. The largest absolute Gasteiger partial charge is 0.489 e. The third-order valence-electron chi connectivity index (χ3n) is 4.41. The molecule has 3 rings (SSSR count). The molecule has 0 fully saturated rings. The highest BCUT2D eigenvalue weighted by molar-refractivity contribution is 7.13. The molecule has 2 N–H and O–H groups in total. The standard InChI is InChI=1S/C23H24ClN3O3S/c1-14(2)30-20-10-9-16(11-18(20)24)21(28)27-19(22(29)25-3)12-17-13-31-23(26-17)15-7-5-4-6-8-15/h4-11,13-14,19H,12H2,1-3H3,(H,25,29)(H,27,28)/t19-/m0/s1. The fourth-order valence-corrected chi connectivity index (χ4v) is 4.00. The number of amides is 2. The van der Waals surface area contributed by atoms with E-state index in [0.717, 1.165) is 16.3 Å². The molecule has 6 nitrogen and oxygen atoms in total. The highest BCUT2D eigenvalue weighted by Crippen LogP contribution is 2.27. The van der Waals surface area contributed by atoms with E-state index < -0.39 is 11.9 Å². The van der Waals surface area contributed by atoms with E-state index in [1.807, 2.05) is 49.6 Å². The number of likely N-dealkylation sites (N-methyl/N-ethyl adjacent to an activating group) is 1. The number of hydrogen-bond acceptors (Lipinski definition) is 5. The molecule has 0 radical (unpaired) electrons. The van der Waals surface area contributed by atoms with Crippen LogP contribution in [0.25, 0.3) is 10.6 Å². The first-order valence-corrected chi connectivity index (χ1v) is 11.1. The molecule has 1 aromatic heterocycles. The van der Waals surface area contributed by atoms with Crippen molar-refractivity contribution in [3.63, 3.8) is 0 Å². The van der Waals surface area contributed by atoms with Crippen molar-refractivity contribution in [2.24, 2.45) is 0 Å². The van der Waals surface area contributed by atoms with Gasteiger partial charge in [0.2, 0.25) is 5.91 Å². The summed E-state index contributed by atoms with van der Waals surface area (Å²) in [5.74, 6) is -0.189. The Morgan fingerprint density at radius 3 is 2.55 bits per heavy atom. The molecule has 8 heteroatoms. The Hall–Kier alpha value is -2.90. The number of halogens is 1. The Labute approximate surface area is 190 Å². The number of ether oxygens (including phenoxy) is 1. The molecule has 0 unspecified atom stereocenters. The number of nitrogens with one attached hydrogen (secondary N) is 2. The van der Waals surface area contributed by atoms with Crippen molar-refractivity contribution in [3.05, 3.63) is 70.2 Å². The van der Waals surface area contributed by atoms with E-state index in [2.05, 4.69) is 15.6 Å². The Morgan fingerprint density at radius 2 is 1.90 bits per heavy atom. The van der Waals surface area contributed by atoms with Crippen LogP contribution in [0.4, 0.5) is 0 Å². The summed E-state index contributed by atoms with van der Waals surface area (Å²) in [4.78, 5) is 29.8. The molecule has 0 aliphatic heterocycles. The number of benzene rings is 2. The molecule has 1 heterocycles. The van der Waals surface area contributed by atoms with Crippen molar-refractivity contribution in [3.8, 4) is 16.3 Å². The fraction of sp³-hybridized carbons (Fsp3) is 0.261. The molecule has 0 aliphatic rings. The molecule has 0 bridgehead atoms.